The highest BCUT2D eigenvalue weighted by atomic mass is 14.9. The molecule has 1 fully saturated rings. The minimum atomic E-state index is 0.933. The lowest BCUT2D eigenvalue weighted by Crippen LogP contribution is -2.24. The lowest BCUT2D eigenvalue weighted by molar-refractivity contribution is 0.342. The first kappa shape index (κ1) is 10.7. The van der Waals surface area contributed by atoms with Gasteiger partial charge in [0.15, 0.2) is 0 Å². The van der Waals surface area contributed by atoms with E-state index in [1.54, 1.807) is 0 Å². The summed E-state index contributed by atoms with van der Waals surface area (Å²) in [5, 5.41) is 3.57. The molecule has 0 heterocycles. The van der Waals surface area contributed by atoms with Crippen LogP contribution in [0, 0.1) is 5.92 Å². The van der Waals surface area contributed by atoms with Gasteiger partial charge in [0.25, 0.3) is 0 Å². The van der Waals surface area contributed by atoms with Crippen molar-refractivity contribution in [2.24, 2.45) is 5.92 Å². The third kappa shape index (κ3) is 3.67. The number of rotatable bonds is 4. The van der Waals surface area contributed by atoms with Crippen LogP contribution in [0.15, 0.2) is 30.3 Å². The molecule has 0 unspecified atom stereocenters. The zero-order valence-electron chi connectivity index (χ0n) is 9.41. The first-order valence-corrected chi connectivity index (χ1v) is 6.20. The van der Waals surface area contributed by atoms with E-state index in [1.165, 1.54) is 44.2 Å². The molecule has 1 aromatic carbocycles. The number of hydrogen-bond donors (Lipinski definition) is 1. The fourth-order valence-electron chi connectivity index (χ4n) is 2.41. The molecule has 0 saturated heterocycles. The first-order chi connectivity index (χ1) is 7.45. The summed E-state index contributed by atoms with van der Waals surface area (Å²) >= 11 is 0. The van der Waals surface area contributed by atoms with Crippen LogP contribution in [0.25, 0.3) is 0 Å². The second kappa shape index (κ2) is 5.92. The monoisotopic (exact) mass is 203 g/mol. The van der Waals surface area contributed by atoms with Crippen molar-refractivity contribution < 1.29 is 0 Å². The molecule has 82 valence electrons. The van der Waals surface area contributed by atoms with Gasteiger partial charge >= 0.3 is 0 Å². The van der Waals surface area contributed by atoms with Crippen molar-refractivity contribution in [1.29, 1.82) is 0 Å². The smallest absolute Gasteiger partial charge is 0.0205 e. The predicted octanol–water partition coefficient (Wildman–Crippen LogP) is 3.36. The van der Waals surface area contributed by atoms with E-state index in [9.17, 15) is 0 Å². The van der Waals surface area contributed by atoms with Crippen molar-refractivity contribution in [1.82, 2.24) is 5.32 Å². The minimum absolute atomic E-state index is 0.933. The van der Waals surface area contributed by atoms with Crippen molar-refractivity contribution >= 4 is 0 Å². The normalized spacial score (nSPS) is 17.9. The summed E-state index contributed by atoms with van der Waals surface area (Å²) in [4.78, 5) is 0. The van der Waals surface area contributed by atoms with Gasteiger partial charge in [0, 0.05) is 6.54 Å². The van der Waals surface area contributed by atoms with Crippen LogP contribution in [0.1, 0.15) is 37.7 Å². The summed E-state index contributed by atoms with van der Waals surface area (Å²) in [7, 11) is 0. The Morgan fingerprint density at radius 1 is 1.00 bits per heavy atom. The van der Waals surface area contributed by atoms with Gasteiger partial charge in [-0.15, -0.1) is 0 Å². The fraction of sp³-hybridized carbons (Fsp3) is 0.571. The van der Waals surface area contributed by atoms with Gasteiger partial charge in [0.05, 0.1) is 0 Å². The minimum Gasteiger partial charge on any atom is -0.312 e. The molecule has 1 aromatic rings. The molecule has 0 bridgehead atoms. The Labute approximate surface area is 92.9 Å². The summed E-state index contributed by atoms with van der Waals surface area (Å²) in [6.07, 6.45) is 7.20. The number of hydrogen-bond acceptors (Lipinski definition) is 1. The SMILES string of the molecule is c1ccc(CNCC2CCCCC2)cc1. The molecule has 0 amide bonds. The topological polar surface area (TPSA) is 12.0 Å². The molecular formula is C14H21N. The highest BCUT2D eigenvalue weighted by molar-refractivity contribution is 5.14. The van der Waals surface area contributed by atoms with Crippen LogP contribution < -0.4 is 5.32 Å². The molecule has 0 spiro atoms. The predicted molar refractivity (Wildman–Crippen MR) is 64.7 cm³/mol. The van der Waals surface area contributed by atoms with Gasteiger partial charge in [-0.1, -0.05) is 49.6 Å². The standard InChI is InChI=1S/C14H21N/c1-3-7-13(8-4-1)11-15-12-14-9-5-2-6-10-14/h1,3-4,7-8,14-15H,2,5-6,9-12H2. The van der Waals surface area contributed by atoms with Gasteiger partial charge in [-0.2, -0.15) is 0 Å². The molecule has 1 aliphatic carbocycles. The van der Waals surface area contributed by atoms with E-state index in [0.29, 0.717) is 0 Å². The van der Waals surface area contributed by atoms with E-state index in [1.807, 2.05) is 0 Å². The summed E-state index contributed by atoms with van der Waals surface area (Å²) in [5.41, 5.74) is 1.40. The van der Waals surface area contributed by atoms with Crippen molar-refractivity contribution in [2.75, 3.05) is 6.54 Å². The maximum Gasteiger partial charge on any atom is 0.0205 e. The molecule has 0 radical (unpaired) electrons. The Balaban J connectivity index is 1.66. The van der Waals surface area contributed by atoms with E-state index < -0.39 is 0 Å². The van der Waals surface area contributed by atoms with Crippen LogP contribution in [0.5, 0.6) is 0 Å². The average Bonchev–Trinajstić information content (AvgIpc) is 2.32. The van der Waals surface area contributed by atoms with Crippen LogP contribution >= 0.6 is 0 Å². The largest absolute Gasteiger partial charge is 0.312 e. The molecule has 15 heavy (non-hydrogen) atoms. The summed E-state index contributed by atoms with van der Waals surface area (Å²) in [6.45, 7) is 2.23. The second-order valence-corrected chi connectivity index (χ2v) is 4.62. The number of nitrogens with one attached hydrogen (secondary N) is 1. The third-order valence-electron chi connectivity index (χ3n) is 3.33. The van der Waals surface area contributed by atoms with Crippen molar-refractivity contribution in [3.05, 3.63) is 35.9 Å². The molecule has 0 aromatic heterocycles. The van der Waals surface area contributed by atoms with Crippen LogP contribution in [0.3, 0.4) is 0 Å². The maximum absolute atomic E-state index is 3.57. The summed E-state index contributed by atoms with van der Waals surface area (Å²) in [6, 6.07) is 10.7. The van der Waals surface area contributed by atoms with E-state index in [-0.39, 0.29) is 0 Å². The lowest BCUT2D eigenvalue weighted by Gasteiger charge is -2.21. The molecule has 2 rings (SSSR count). The Hall–Kier alpha value is -0.820. The highest BCUT2D eigenvalue weighted by Crippen LogP contribution is 2.22. The van der Waals surface area contributed by atoms with Gasteiger partial charge in [0.2, 0.25) is 0 Å². The molecule has 1 nitrogen and oxygen atoms in total. The molecule has 1 N–H and O–H groups in total. The van der Waals surface area contributed by atoms with Gasteiger partial charge in [-0.3, -0.25) is 0 Å². The summed E-state index contributed by atoms with van der Waals surface area (Å²) < 4.78 is 0. The van der Waals surface area contributed by atoms with Crippen LogP contribution in [-0.4, -0.2) is 6.54 Å². The van der Waals surface area contributed by atoms with E-state index in [4.69, 9.17) is 0 Å². The Morgan fingerprint density at radius 2 is 1.73 bits per heavy atom. The van der Waals surface area contributed by atoms with Gasteiger partial charge in [-0.05, 0) is 30.9 Å². The van der Waals surface area contributed by atoms with Gasteiger partial charge in [0.1, 0.15) is 0 Å². The lowest BCUT2D eigenvalue weighted by atomic mass is 9.89. The molecule has 1 heteroatoms. The van der Waals surface area contributed by atoms with E-state index in [0.717, 1.165) is 12.5 Å². The van der Waals surface area contributed by atoms with Gasteiger partial charge < -0.3 is 5.32 Å². The van der Waals surface area contributed by atoms with Crippen LogP contribution in [0.2, 0.25) is 0 Å². The quantitative estimate of drug-likeness (QED) is 0.791. The van der Waals surface area contributed by atoms with E-state index >= 15 is 0 Å². The van der Waals surface area contributed by atoms with Crippen LogP contribution in [-0.2, 0) is 6.54 Å². The van der Waals surface area contributed by atoms with Gasteiger partial charge in [-0.25, -0.2) is 0 Å². The highest BCUT2D eigenvalue weighted by Gasteiger charge is 2.12. The molecule has 1 saturated carbocycles. The zero-order chi connectivity index (χ0) is 10.3. The maximum atomic E-state index is 3.57. The Bertz CT molecular complexity index is 262. The third-order valence-corrected chi connectivity index (χ3v) is 3.33. The van der Waals surface area contributed by atoms with E-state index in [2.05, 4.69) is 35.6 Å². The Kier molecular flexibility index (Phi) is 4.22. The Morgan fingerprint density at radius 3 is 2.47 bits per heavy atom. The molecule has 0 atom stereocenters. The number of benzene rings is 1. The van der Waals surface area contributed by atoms with Crippen molar-refractivity contribution in [3.63, 3.8) is 0 Å². The molecule has 0 aliphatic heterocycles. The van der Waals surface area contributed by atoms with Crippen molar-refractivity contribution in [3.8, 4) is 0 Å². The molecular weight excluding hydrogens is 182 g/mol. The zero-order valence-corrected chi connectivity index (χ0v) is 9.41. The first-order valence-electron chi connectivity index (χ1n) is 6.20. The molecule has 1 aliphatic rings. The summed E-state index contributed by atoms with van der Waals surface area (Å²) in [5.74, 6) is 0.933. The van der Waals surface area contributed by atoms with Crippen molar-refractivity contribution in [2.45, 2.75) is 38.6 Å². The van der Waals surface area contributed by atoms with Crippen LogP contribution in [0.4, 0.5) is 0 Å². The average molecular weight is 203 g/mol. The second-order valence-electron chi connectivity index (χ2n) is 4.62. The fourth-order valence-corrected chi connectivity index (χ4v) is 2.41.